The molecule has 1 aromatic carbocycles. The summed E-state index contributed by atoms with van der Waals surface area (Å²) in [4.78, 5) is 14.3. The highest BCUT2D eigenvalue weighted by Gasteiger charge is 2.49. The fraction of sp³-hybridized carbons (Fsp3) is 0.588. The zero-order valence-electron chi connectivity index (χ0n) is 14.9. The molecule has 2 rings (SSSR count). The van der Waals surface area contributed by atoms with Crippen LogP contribution in [0.1, 0.15) is 18.4 Å². The lowest BCUT2D eigenvalue weighted by Crippen LogP contribution is -2.57. The molecule has 0 aliphatic carbocycles. The number of hydrogen-bond donors (Lipinski definition) is 1. The lowest BCUT2D eigenvalue weighted by atomic mass is 9.95. The van der Waals surface area contributed by atoms with E-state index in [9.17, 15) is 13.2 Å². The van der Waals surface area contributed by atoms with E-state index in [4.69, 9.17) is 4.74 Å². The summed E-state index contributed by atoms with van der Waals surface area (Å²) in [5.74, 6) is 0.403. The average Bonchev–Trinajstić information content (AvgIpc) is 2.55. The van der Waals surface area contributed by atoms with Gasteiger partial charge in [-0.25, -0.2) is 8.42 Å². The van der Waals surface area contributed by atoms with Crippen LogP contribution in [-0.4, -0.2) is 63.5 Å². The van der Waals surface area contributed by atoms with Crippen LogP contribution in [0.5, 0.6) is 5.75 Å². The summed E-state index contributed by atoms with van der Waals surface area (Å²) >= 11 is 0. The second-order valence-electron chi connectivity index (χ2n) is 6.40. The molecule has 0 saturated carbocycles. The molecule has 0 unspecified atom stereocenters. The first-order valence-electron chi connectivity index (χ1n) is 8.12. The van der Waals surface area contributed by atoms with Crippen molar-refractivity contribution in [2.45, 2.75) is 24.5 Å². The van der Waals surface area contributed by atoms with Gasteiger partial charge >= 0.3 is 0 Å². The van der Waals surface area contributed by atoms with Crippen LogP contribution in [0.3, 0.4) is 0 Å². The van der Waals surface area contributed by atoms with Gasteiger partial charge in [0.15, 0.2) is 14.6 Å². The molecule has 1 saturated heterocycles. The summed E-state index contributed by atoms with van der Waals surface area (Å²) in [6.07, 6.45) is 1.79. The van der Waals surface area contributed by atoms with Gasteiger partial charge in [0.1, 0.15) is 12.4 Å². The minimum atomic E-state index is -3.49. The normalized spacial score (nSPS) is 16.6. The third kappa shape index (κ3) is 5.09. The Balaban J connectivity index is 0.00000312. The van der Waals surface area contributed by atoms with Crippen molar-refractivity contribution in [1.29, 1.82) is 0 Å². The quantitative estimate of drug-likeness (QED) is 0.795. The lowest BCUT2D eigenvalue weighted by molar-refractivity contribution is -0.133. The van der Waals surface area contributed by atoms with Crippen molar-refractivity contribution in [3.63, 3.8) is 0 Å². The van der Waals surface area contributed by atoms with Crippen LogP contribution in [0.2, 0.25) is 0 Å². The maximum absolute atomic E-state index is 12.8. The average molecular weight is 391 g/mol. The highest BCUT2D eigenvalue weighted by molar-refractivity contribution is 7.92. The van der Waals surface area contributed by atoms with Crippen molar-refractivity contribution >= 4 is 28.2 Å². The molecule has 0 radical (unpaired) electrons. The van der Waals surface area contributed by atoms with Crippen LogP contribution in [-0.2, 0) is 14.6 Å². The summed E-state index contributed by atoms with van der Waals surface area (Å²) in [5.41, 5.74) is 1.15. The maximum Gasteiger partial charge on any atom is 0.243 e. The summed E-state index contributed by atoms with van der Waals surface area (Å²) in [6, 6.07) is 7.67. The highest BCUT2D eigenvalue weighted by atomic mass is 35.5. The number of carbonyl (C=O) groups excluding carboxylic acids is 1. The molecule has 1 amide bonds. The number of benzene rings is 1. The number of halogens is 1. The Morgan fingerprint density at radius 3 is 2.32 bits per heavy atom. The van der Waals surface area contributed by atoms with Crippen molar-refractivity contribution in [1.82, 2.24) is 10.2 Å². The van der Waals surface area contributed by atoms with E-state index in [1.165, 1.54) is 4.90 Å². The Bertz CT molecular complexity index is 670. The third-order valence-electron chi connectivity index (χ3n) is 4.57. The van der Waals surface area contributed by atoms with E-state index in [2.05, 4.69) is 5.32 Å². The number of nitrogens with zero attached hydrogens (tertiary/aromatic N) is 1. The Morgan fingerprint density at radius 2 is 1.80 bits per heavy atom. The first-order valence-corrected chi connectivity index (χ1v) is 10.0. The Labute approximate surface area is 156 Å². The van der Waals surface area contributed by atoms with Crippen LogP contribution < -0.4 is 10.1 Å². The molecule has 1 fully saturated rings. The van der Waals surface area contributed by atoms with Crippen molar-refractivity contribution < 1.29 is 17.9 Å². The monoisotopic (exact) mass is 390 g/mol. The van der Waals surface area contributed by atoms with Crippen LogP contribution in [0, 0.1) is 6.92 Å². The molecule has 0 aromatic heterocycles. The fourth-order valence-electron chi connectivity index (χ4n) is 2.96. The molecule has 1 aromatic rings. The molecule has 142 valence electrons. The second-order valence-corrected chi connectivity index (χ2v) is 8.73. The van der Waals surface area contributed by atoms with Gasteiger partial charge in [0, 0.05) is 13.3 Å². The molecule has 0 spiro atoms. The van der Waals surface area contributed by atoms with Crippen molar-refractivity contribution in [2.75, 3.05) is 39.5 Å². The fourth-order valence-corrected chi connectivity index (χ4v) is 4.38. The summed E-state index contributed by atoms with van der Waals surface area (Å²) in [6.45, 7) is 3.74. The summed E-state index contributed by atoms with van der Waals surface area (Å²) < 4.78 is 28.9. The molecule has 1 N–H and O–H groups in total. The predicted octanol–water partition coefficient (Wildman–Crippen LogP) is 1.42. The molecule has 1 aliphatic rings. The third-order valence-corrected chi connectivity index (χ3v) is 6.58. The summed E-state index contributed by atoms with van der Waals surface area (Å²) in [5, 5.41) is 3.11. The number of sulfone groups is 1. The number of aryl methyl sites for hydroxylation is 1. The number of carbonyl (C=O) groups is 1. The van der Waals surface area contributed by atoms with Crippen LogP contribution in [0.4, 0.5) is 0 Å². The predicted molar refractivity (Wildman–Crippen MR) is 101 cm³/mol. The Morgan fingerprint density at radius 1 is 1.24 bits per heavy atom. The number of hydrogen-bond acceptors (Lipinski definition) is 5. The van der Waals surface area contributed by atoms with Gasteiger partial charge in [-0.2, -0.15) is 0 Å². The molecular weight excluding hydrogens is 364 g/mol. The molecule has 1 heterocycles. The zero-order chi connectivity index (χ0) is 17.8. The molecule has 25 heavy (non-hydrogen) atoms. The van der Waals surface area contributed by atoms with Gasteiger partial charge in [-0.1, -0.05) is 17.7 Å². The largest absolute Gasteiger partial charge is 0.492 e. The minimum Gasteiger partial charge on any atom is -0.492 e. The molecule has 6 nitrogen and oxygen atoms in total. The van der Waals surface area contributed by atoms with E-state index in [0.29, 0.717) is 39.1 Å². The number of piperidine rings is 1. The van der Waals surface area contributed by atoms with Gasteiger partial charge in [-0.05, 0) is 45.0 Å². The van der Waals surface area contributed by atoms with Gasteiger partial charge in [0.2, 0.25) is 5.91 Å². The van der Waals surface area contributed by atoms with E-state index in [0.717, 1.165) is 17.6 Å². The summed E-state index contributed by atoms with van der Waals surface area (Å²) in [7, 11) is -1.85. The van der Waals surface area contributed by atoms with E-state index in [-0.39, 0.29) is 18.3 Å². The van der Waals surface area contributed by atoms with Crippen molar-refractivity contribution in [3.05, 3.63) is 29.8 Å². The number of amides is 1. The van der Waals surface area contributed by atoms with E-state index >= 15 is 0 Å². The molecule has 1 aliphatic heterocycles. The molecular formula is C17H27ClN2O4S. The van der Waals surface area contributed by atoms with Gasteiger partial charge < -0.3 is 15.0 Å². The Kier molecular flexibility index (Phi) is 7.71. The van der Waals surface area contributed by atoms with Gasteiger partial charge in [0.25, 0.3) is 0 Å². The maximum atomic E-state index is 12.8. The first kappa shape index (κ1) is 21.7. The number of nitrogens with one attached hydrogen (secondary N) is 1. The van der Waals surface area contributed by atoms with E-state index in [1.807, 2.05) is 31.2 Å². The topological polar surface area (TPSA) is 75.7 Å². The highest BCUT2D eigenvalue weighted by Crippen LogP contribution is 2.29. The van der Waals surface area contributed by atoms with Crippen LogP contribution in [0.25, 0.3) is 0 Å². The standard InChI is InChI=1S/C17H26N2O4S.ClH/c1-14-4-6-15(7-5-14)23-13-12-19(2)16(20)17(24(3,21)22)8-10-18-11-9-17;/h4-7,18H,8-13H2,1-3H3;1H. The molecule has 0 bridgehead atoms. The van der Waals surface area contributed by atoms with Crippen LogP contribution in [0.15, 0.2) is 24.3 Å². The van der Waals surface area contributed by atoms with Gasteiger partial charge in [-0.3, -0.25) is 4.79 Å². The zero-order valence-corrected chi connectivity index (χ0v) is 16.6. The Hall–Kier alpha value is -1.31. The number of ether oxygens (including phenoxy) is 1. The lowest BCUT2D eigenvalue weighted by Gasteiger charge is -2.37. The smallest absolute Gasteiger partial charge is 0.243 e. The van der Waals surface area contributed by atoms with E-state index < -0.39 is 14.6 Å². The molecule has 8 heteroatoms. The second kappa shape index (κ2) is 8.87. The van der Waals surface area contributed by atoms with Crippen LogP contribution >= 0.6 is 12.4 Å². The van der Waals surface area contributed by atoms with Crippen molar-refractivity contribution in [2.24, 2.45) is 0 Å². The van der Waals surface area contributed by atoms with Crippen molar-refractivity contribution in [3.8, 4) is 5.75 Å². The number of likely N-dealkylation sites (N-methyl/N-ethyl adjacent to an activating group) is 1. The van der Waals surface area contributed by atoms with Gasteiger partial charge in [0.05, 0.1) is 6.54 Å². The molecule has 0 atom stereocenters. The van der Waals surface area contributed by atoms with E-state index in [1.54, 1.807) is 7.05 Å². The van der Waals surface area contributed by atoms with Gasteiger partial charge in [-0.15, -0.1) is 12.4 Å². The number of rotatable bonds is 6. The minimum absolute atomic E-state index is 0. The first-order chi connectivity index (χ1) is 11.3. The SMILES string of the molecule is Cc1ccc(OCCN(C)C(=O)C2(S(C)(=O)=O)CCNCC2)cc1.Cl.